The van der Waals surface area contributed by atoms with Gasteiger partial charge in [-0.15, -0.1) is 0 Å². The quantitative estimate of drug-likeness (QED) is 0.361. The molecule has 1 heterocycles. The smallest absolute Gasteiger partial charge is 0.335 e. The van der Waals surface area contributed by atoms with Gasteiger partial charge < -0.3 is 5.11 Å². The number of aliphatic imine (C=N–C) groups is 2. The van der Waals surface area contributed by atoms with Crippen molar-refractivity contribution in [3.63, 3.8) is 0 Å². The molecule has 0 amide bonds. The first-order valence-electron chi connectivity index (χ1n) is 17.1. The Balaban J connectivity index is 1.25. The minimum Gasteiger partial charge on any atom is -0.478 e. The normalized spacial score (nSPS) is 44.4. The molecule has 1 N–H and O–H groups in total. The molecule has 4 heteroatoms. The molecule has 0 saturated heterocycles. The van der Waals surface area contributed by atoms with Crippen LogP contribution in [0.25, 0.3) is 5.57 Å². The molecule has 43 heavy (non-hydrogen) atoms. The number of hydrogen-bond acceptors (Lipinski definition) is 3. The average molecular weight is 581 g/mol. The van der Waals surface area contributed by atoms with E-state index in [2.05, 4.69) is 54.2 Å². The molecule has 0 radical (unpaired) electrons. The molecule has 1 aromatic carbocycles. The van der Waals surface area contributed by atoms with Crippen molar-refractivity contribution in [1.82, 2.24) is 0 Å². The van der Waals surface area contributed by atoms with Crippen LogP contribution in [0, 0.1) is 56.7 Å². The SMILES string of the molecule is C=C(C)[C@@H]1CC[C@]2(C3=NCC=N3)CC[C@]3(C)[C@H](CC[C@@H]4[C@@]5(C)CC=C(c6ccc(C(=O)O)cc6)C(C)(C)[C@@H]5CC[C@]43C)[C@@H]12. The van der Waals surface area contributed by atoms with E-state index >= 15 is 0 Å². The third-order valence-electron chi connectivity index (χ3n) is 15.1. The van der Waals surface area contributed by atoms with E-state index < -0.39 is 5.97 Å². The summed E-state index contributed by atoms with van der Waals surface area (Å²) in [5, 5.41) is 9.44. The van der Waals surface area contributed by atoms with Crippen molar-refractivity contribution in [3.8, 4) is 0 Å². The molecule has 0 unspecified atom stereocenters. The zero-order valence-electron chi connectivity index (χ0n) is 27.4. The number of aromatic carboxylic acids is 1. The molecule has 1 aliphatic heterocycles. The number of hydrogen-bond donors (Lipinski definition) is 1. The van der Waals surface area contributed by atoms with Gasteiger partial charge in [-0.05, 0) is 139 Å². The number of carbonyl (C=O) groups is 1. The van der Waals surface area contributed by atoms with Gasteiger partial charge in [0.25, 0.3) is 0 Å². The summed E-state index contributed by atoms with van der Waals surface area (Å²) in [5.41, 5.74) is 5.39. The number of carboxylic acids is 1. The molecule has 4 fully saturated rings. The van der Waals surface area contributed by atoms with Crippen molar-refractivity contribution in [2.24, 2.45) is 66.6 Å². The van der Waals surface area contributed by atoms with Crippen LogP contribution in [0.2, 0.25) is 0 Å². The van der Waals surface area contributed by atoms with Gasteiger partial charge in [-0.25, -0.2) is 9.79 Å². The fourth-order valence-corrected chi connectivity index (χ4v) is 13.0. The Morgan fingerprint density at radius 3 is 2.30 bits per heavy atom. The van der Waals surface area contributed by atoms with Crippen LogP contribution in [-0.4, -0.2) is 29.7 Å². The Bertz CT molecular complexity index is 1450. The third-order valence-corrected chi connectivity index (χ3v) is 15.1. The van der Waals surface area contributed by atoms with E-state index in [9.17, 15) is 9.90 Å². The largest absolute Gasteiger partial charge is 0.478 e. The topological polar surface area (TPSA) is 62.0 Å². The van der Waals surface area contributed by atoms with Crippen molar-refractivity contribution < 1.29 is 9.90 Å². The summed E-state index contributed by atoms with van der Waals surface area (Å²) in [5.74, 6) is 3.52. The number of amidine groups is 1. The van der Waals surface area contributed by atoms with E-state index in [-0.39, 0.29) is 16.2 Å². The molecule has 6 aliphatic rings. The Labute approximate surface area is 259 Å². The van der Waals surface area contributed by atoms with Crippen LogP contribution in [0.1, 0.15) is 115 Å². The van der Waals surface area contributed by atoms with Crippen LogP contribution >= 0.6 is 0 Å². The van der Waals surface area contributed by atoms with Gasteiger partial charge in [-0.1, -0.05) is 65.0 Å². The maximum Gasteiger partial charge on any atom is 0.335 e. The van der Waals surface area contributed by atoms with E-state index in [0.29, 0.717) is 46.0 Å². The Morgan fingerprint density at radius 2 is 1.65 bits per heavy atom. The molecule has 4 saturated carbocycles. The summed E-state index contributed by atoms with van der Waals surface area (Å²) in [6, 6.07) is 7.61. The predicted octanol–water partition coefficient (Wildman–Crippen LogP) is 9.52. The second-order valence-electron chi connectivity index (χ2n) is 16.7. The molecule has 0 bridgehead atoms. The predicted molar refractivity (Wildman–Crippen MR) is 177 cm³/mol. The van der Waals surface area contributed by atoms with Gasteiger partial charge in [0.1, 0.15) is 5.84 Å². The maximum atomic E-state index is 11.5. The molecule has 0 spiro atoms. The summed E-state index contributed by atoms with van der Waals surface area (Å²) < 4.78 is 0. The Kier molecular flexibility index (Phi) is 6.46. The minimum atomic E-state index is -0.859. The lowest BCUT2D eigenvalue weighted by molar-refractivity contribution is -0.219. The van der Waals surface area contributed by atoms with Crippen LogP contribution in [0.15, 0.2) is 52.5 Å². The molecule has 0 aromatic heterocycles. The van der Waals surface area contributed by atoms with Gasteiger partial charge in [-0.3, -0.25) is 4.99 Å². The first-order chi connectivity index (χ1) is 20.3. The maximum absolute atomic E-state index is 11.5. The molecule has 4 nitrogen and oxygen atoms in total. The van der Waals surface area contributed by atoms with Crippen molar-refractivity contribution in [2.45, 2.75) is 99.3 Å². The van der Waals surface area contributed by atoms with E-state index in [0.717, 1.165) is 13.0 Å². The monoisotopic (exact) mass is 580 g/mol. The highest BCUT2D eigenvalue weighted by molar-refractivity contribution is 5.99. The third kappa shape index (κ3) is 3.77. The number of rotatable bonds is 4. The molecule has 7 rings (SSSR count). The zero-order chi connectivity index (χ0) is 30.6. The molecule has 9 atom stereocenters. The lowest BCUT2D eigenvalue weighted by atomic mass is 9.32. The second kappa shape index (κ2) is 9.51. The fraction of sp³-hybridized carbons (Fsp3) is 0.667. The molecule has 230 valence electrons. The van der Waals surface area contributed by atoms with Crippen LogP contribution in [0.3, 0.4) is 0 Å². The number of nitrogens with zero attached hydrogens (tertiary/aromatic N) is 2. The second-order valence-corrected chi connectivity index (χ2v) is 16.7. The van der Waals surface area contributed by atoms with Gasteiger partial charge in [0.05, 0.1) is 12.1 Å². The first-order valence-corrected chi connectivity index (χ1v) is 17.1. The number of allylic oxidation sites excluding steroid dienone is 3. The summed E-state index contributed by atoms with van der Waals surface area (Å²) >= 11 is 0. The lowest BCUT2D eigenvalue weighted by Gasteiger charge is -2.72. The van der Waals surface area contributed by atoms with Crippen LogP contribution in [0.5, 0.6) is 0 Å². The summed E-state index contributed by atoms with van der Waals surface area (Å²) in [6.07, 6.45) is 15.9. The molecule has 1 aromatic rings. The van der Waals surface area contributed by atoms with E-state index in [1.54, 1.807) is 12.1 Å². The summed E-state index contributed by atoms with van der Waals surface area (Å²) in [6.45, 7) is 20.6. The zero-order valence-corrected chi connectivity index (χ0v) is 27.4. The molecule has 5 aliphatic carbocycles. The number of carboxylic acid groups (broad SMARTS) is 1. The van der Waals surface area contributed by atoms with Crippen molar-refractivity contribution in [2.75, 3.05) is 6.54 Å². The average Bonchev–Trinajstić information content (AvgIpc) is 3.63. The standard InChI is InChI=1S/C39H52N2O2/c1-24(2)27-14-19-39(34-40-22-23-41-34)21-20-37(6)29(32(27)39)12-13-31-36(5)17-15-28(25-8-10-26(11-9-25)33(42)43)35(3,4)30(36)16-18-38(31,37)7/h8-11,15,22,27,29-32H,1,12-14,16-21,23H2,2-7H3,(H,42,43)/t27-,29+,30-,31+,32+,36-,37+,38+,39-/m0/s1. The summed E-state index contributed by atoms with van der Waals surface area (Å²) in [7, 11) is 0. The van der Waals surface area contributed by atoms with Crippen molar-refractivity contribution >= 4 is 23.6 Å². The van der Waals surface area contributed by atoms with E-state index in [1.165, 1.54) is 73.9 Å². The van der Waals surface area contributed by atoms with Crippen molar-refractivity contribution in [3.05, 3.63) is 53.6 Å². The minimum absolute atomic E-state index is 0.0354. The van der Waals surface area contributed by atoms with Gasteiger partial charge >= 0.3 is 5.97 Å². The Hall–Kier alpha value is -2.49. The van der Waals surface area contributed by atoms with Crippen LogP contribution < -0.4 is 0 Å². The van der Waals surface area contributed by atoms with Gasteiger partial charge in [0.2, 0.25) is 0 Å². The van der Waals surface area contributed by atoms with E-state index in [4.69, 9.17) is 9.98 Å². The van der Waals surface area contributed by atoms with Gasteiger partial charge in [-0.2, -0.15) is 0 Å². The highest BCUT2D eigenvalue weighted by Gasteiger charge is 2.71. The van der Waals surface area contributed by atoms with Crippen LogP contribution in [-0.2, 0) is 0 Å². The number of fused-ring (bicyclic) bond motifs is 7. The summed E-state index contributed by atoms with van der Waals surface area (Å²) in [4.78, 5) is 21.4. The van der Waals surface area contributed by atoms with Gasteiger partial charge in [0, 0.05) is 11.6 Å². The Morgan fingerprint density at radius 1 is 0.907 bits per heavy atom. The fourth-order valence-electron chi connectivity index (χ4n) is 13.0. The van der Waals surface area contributed by atoms with E-state index in [1.807, 2.05) is 18.3 Å². The van der Waals surface area contributed by atoms with Crippen LogP contribution in [0.4, 0.5) is 0 Å². The lowest BCUT2D eigenvalue weighted by Crippen LogP contribution is -2.65. The van der Waals surface area contributed by atoms with Gasteiger partial charge in [0.15, 0.2) is 0 Å². The molecular weight excluding hydrogens is 528 g/mol. The number of benzene rings is 1. The highest BCUT2D eigenvalue weighted by atomic mass is 16.4. The highest BCUT2D eigenvalue weighted by Crippen LogP contribution is 2.78. The molecular formula is C39H52N2O2. The first kappa shape index (κ1) is 29.2. The van der Waals surface area contributed by atoms with Crippen molar-refractivity contribution in [1.29, 1.82) is 0 Å².